The maximum absolute atomic E-state index is 11.5. The SMILES string of the molecule is Cc1cc2c(C)cc(=O)[nH]c2cc1NCC(O)CO. The number of benzene rings is 1. The van der Waals surface area contributed by atoms with Gasteiger partial charge < -0.3 is 20.5 Å². The number of pyridine rings is 1. The Labute approximate surface area is 110 Å². The Hall–Kier alpha value is -1.85. The number of aliphatic hydroxyl groups is 2. The molecule has 0 aliphatic rings. The number of hydrogen-bond donors (Lipinski definition) is 4. The van der Waals surface area contributed by atoms with Crippen LogP contribution >= 0.6 is 0 Å². The lowest BCUT2D eigenvalue weighted by Crippen LogP contribution is -2.23. The van der Waals surface area contributed by atoms with Gasteiger partial charge >= 0.3 is 0 Å². The van der Waals surface area contributed by atoms with Crippen LogP contribution in [0.5, 0.6) is 0 Å². The number of aromatic amines is 1. The van der Waals surface area contributed by atoms with Gasteiger partial charge in [-0.3, -0.25) is 4.79 Å². The van der Waals surface area contributed by atoms with Crippen LogP contribution in [0.15, 0.2) is 23.0 Å². The van der Waals surface area contributed by atoms with Crippen molar-refractivity contribution in [2.75, 3.05) is 18.5 Å². The first-order chi connectivity index (χ1) is 9.01. The van der Waals surface area contributed by atoms with Gasteiger partial charge in [0.1, 0.15) is 0 Å². The van der Waals surface area contributed by atoms with E-state index in [1.807, 2.05) is 26.0 Å². The largest absolute Gasteiger partial charge is 0.394 e. The van der Waals surface area contributed by atoms with E-state index >= 15 is 0 Å². The van der Waals surface area contributed by atoms with Gasteiger partial charge in [0, 0.05) is 23.7 Å². The van der Waals surface area contributed by atoms with Gasteiger partial charge in [-0.15, -0.1) is 0 Å². The van der Waals surface area contributed by atoms with Crippen LogP contribution in [-0.4, -0.2) is 34.5 Å². The molecule has 0 saturated carbocycles. The molecule has 2 rings (SSSR count). The van der Waals surface area contributed by atoms with E-state index in [0.717, 1.165) is 27.7 Å². The molecule has 0 bridgehead atoms. The minimum atomic E-state index is -0.799. The predicted octanol–water partition coefficient (Wildman–Crippen LogP) is 0.910. The van der Waals surface area contributed by atoms with Crippen LogP contribution in [0.1, 0.15) is 11.1 Å². The summed E-state index contributed by atoms with van der Waals surface area (Å²) in [6, 6.07) is 5.42. The molecule has 1 aromatic carbocycles. The van der Waals surface area contributed by atoms with Gasteiger partial charge in [-0.2, -0.15) is 0 Å². The lowest BCUT2D eigenvalue weighted by molar-refractivity contribution is 0.105. The monoisotopic (exact) mass is 262 g/mol. The molecule has 1 unspecified atom stereocenters. The smallest absolute Gasteiger partial charge is 0.248 e. The Morgan fingerprint density at radius 3 is 2.68 bits per heavy atom. The maximum Gasteiger partial charge on any atom is 0.248 e. The van der Waals surface area contributed by atoms with Crippen LogP contribution in [0.4, 0.5) is 5.69 Å². The number of rotatable bonds is 4. The summed E-state index contributed by atoms with van der Waals surface area (Å²) in [4.78, 5) is 14.3. The van der Waals surface area contributed by atoms with Gasteiger partial charge in [0.05, 0.1) is 18.2 Å². The summed E-state index contributed by atoms with van der Waals surface area (Å²) in [5.41, 5.74) is 3.42. The Morgan fingerprint density at radius 2 is 2.00 bits per heavy atom. The molecular formula is C14H18N2O3. The third kappa shape index (κ3) is 2.94. The van der Waals surface area contributed by atoms with Gasteiger partial charge in [0.15, 0.2) is 0 Å². The van der Waals surface area contributed by atoms with E-state index in [2.05, 4.69) is 10.3 Å². The number of hydrogen-bond acceptors (Lipinski definition) is 4. The van der Waals surface area contributed by atoms with Crippen LogP contribution < -0.4 is 10.9 Å². The van der Waals surface area contributed by atoms with Crippen LogP contribution in [-0.2, 0) is 0 Å². The number of nitrogens with one attached hydrogen (secondary N) is 2. The van der Waals surface area contributed by atoms with Crippen molar-refractivity contribution in [1.29, 1.82) is 0 Å². The quantitative estimate of drug-likeness (QED) is 0.660. The van der Waals surface area contributed by atoms with Crippen LogP contribution in [0.2, 0.25) is 0 Å². The van der Waals surface area contributed by atoms with E-state index in [9.17, 15) is 9.90 Å². The Kier molecular flexibility index (Phi) is 3.87. The average Bonchev–Trinajstić information content (AvgIpc) is 2.37. The molecule has 1 atom stereocenters. The van der Waals surface area contributed by atoms with Crippen molar-refractivity contribution in [3.05, 3.63) is 39.7 Å². The molecule has 5 nitrogen and oxygen atoms in total. The molecule has 5 heteroatoms. The molecule has 19 heavy (non-hydrogen) atoms. The van der Waals surface area contributed by atoms with E-state index < -0.39 is 6.10 Å². The molecule has 0 saturated heterocycles. The molecular weight excluding hydrogens is 244 g/mol. The van der Waals surface area contributed by atoms with E-state index in [-0.39, 0.29) is 18.7 Å². The average molecular weight is 262 g/mol. The number of anilines is 1. The Balaban J connectivity index is 2.40. The highest BCUT2D eigenvalue weighted by Crippen LogP contribution is 2.23. The highest BCUT2D eigenvalue weighted by atomic mass is 16.3. The fraction of sp³-hybridized carbons (Fsp3) is 0.357. The third-order valence-corrected chi connectivity index (χ3v) is 3.13. The zero-order chi connectivity index (χ0) is 14.0. The topological polar surface area (TPSA) is 85.4 Å². The lowest BCUT2D eigenvalue weighted by atomic mass is 10.1. The first-order valence-corrected chi connectivity index (χ1v) is 6.18. The minimum Gasteiger partial charge on any atom is -0.394 e. The first-order valence-electron chi connectivity index (χ1n) is 6.18. The van der Waals surface area contributed by atoms with Gasteiger partial charge in [-0.05, 0) is 37.1 Å². The number of aliphatic hydroxyl groups excluding tert-OH is 2. The Bertz CT molecular complexity index is 649. The van der Waals surface area contributed by atoms with E-state index in [0.29, 0.717) is 0 Å². The van der Waals surface area contributed by atoms with Gasteiger partial charge in [-0.1, -0.05) is 0 Å². The molecule has 0 amide bonds. The maximum atomic E-state index is 11.5. The predicted molar refractivity (Wildman–Crippen MR) is 75.6 cm³/mol. The van der Waals surface area contributed by atoms with Crippen molar-refractivity contribution in [3.8, 4) is 0 Å². The van der Waals surface area contributed by atoms with E-state index in [4.69, 9.17) is 5.11 Å². The molecule has 0 spiro atoms. The molecule has 0 radical (unpaired) electrons. The summed E-state index contributed by atoms with van der Waals surface area (Å²) in [6.45, 7) is 3.84. The summed E-state index contributed by atoms with van der Waals surface area (Å²) < 4.78 is 0. The molecule has 0 fully saturated rings. The summed E-state index contributed by atoms with van der Waals surface area (Å²) >= 11 is 0. The number of aromatic nitrogens is 1. The normalized spacial score (nSPS) is 12.6. The molecule has 1 heterocycles. The molecule has 1 aromatic heterocycles. The lowest BCUT2D eigenvalue weighted by Gasteiger charge is -2.14. The zero-order valence-corrected chi connectivity index (χ0v) is 11.0. The highest BCUT2D eigenvalue weighted by Gasteiger charge is 2.07. The van der Waals surface area contributed by atoms with Gasteiger partial charge in [0.2, 0.25) is 5.56 Å². The summed E-state index contributed by atoms with van der Waals surface area (Å²) in [7, 11) is 0. The van der Waals surface area contributed by atoms with Gasteiger partial charge in [0.25, 0.3) is 0 Å². The second kappa shape index (κ2) is 5.42. The fourth-order valence-corrected chi connectivity index (χ4v) is 2.06. The molecule has 4 N–H and O–H groups in total. The van der Waals surface area contributed by atoms with Crippen LogP contribution in [0, 0.1) is 13.8 Å². The highest BCUT2D eigenvalue weighted by molar-refractivity contribution is 5.86. The number of H-pyrrole nitrogens is 1. The fourth-order valence-electron chi connectivity index (χ4n) is 2.06. The van der Waals surface area contributed by atoms with Crippen molar-refractivity contribution in [2.45, 2.75) is 20.0 Å². The second-order valence-electron chi connectivity index (χ2n) is 4.75. The zero-order valence-electron chi connectivity index (χ0n) is 11.0. The van der Waals surface area contributed by atoms with E-state index in [1.165, 1.54) is 0 Å². The van der Waals surface area contributed by atoms with Crippen molar-refractivity contribution in [3.63, 3.8) is 0 Å². The molecule has 2 aromatic rings. The van der Waals surface area contributed by atoms with Crippen LogP contribution in [0.3, 0.4) is 0 Å². The summed E-state index contributed by atoms with van der Waals surface area (Å²) in [5, 5.41) is 22.2. The third-order valence-electron chi connectivity index (χ3n) is 3.13. The van der Waals surface area contributed by atoms with Crippen molar-refractivity contribution >= 4 is 16.6 Å². The molecule has 0 aliphatic carbocycles. The van der Waals surface area contributed by atoms with Crippen molar-refractivity contribution in [2.24, 2.45) is 0 Å². The number of aryl methyl sites for hydroxylation is 2. The van der Waals surface area contributed by atoms with Crippen molar-refractivity contribution in [1.82, 2.24) is 4.98 Å². The second-order valence-corrected chi connectivity index (χ2v) is 4.75. The number of fused-ring (bicyclic) bond motifs is 1. The Morgan fingerprint density at radius 1 is 1.26 bits per heavy atom. The minimum absolute atomic E-state index is 0.129. The van der Waals surface area contributed by atoms with E-state index in [1.54, 1.807) is 6.07 Å². The molecule has 102 valence electrons. The summed E-state index contributed by atoms with van der Waals surface area (Å²) in [6.07, 6.45) is -0.799. The van der Waals surface area contributed by atoms with Gasteiger partial charge in [-0.25, -0.2) is 0 Å². The first kappa shape index (κ1) is 13.6. The standard InChI is InChI=1S/C14H18N2O3/c1-8-4-14(19)16-13-5-12(9(2)3-11(8)13)15-6-10(18)7-17/h3-5,10,15,17-18H,6-7H2,1-2H3,(H,16,19). The summed E-state index contributed by atoms with van der Waals surface area (Å²) in [5.74, 6) is 0. The van der Waals surface area contributed by atoms with Crippen LogP contribution in [0.25, 0.3) is 10.9 Å². The van der Waals surface area contributed by atoms with Crippen molar-refractivity contribution < 1.29 is 10.2 Å². The molecule has 0 aliphatic heterocycles.